The third-order valence-electron chi connectivity index (χ3n) is 3.88. The van der Waals surface area contributed by atoms with Gasteiger partial charge in [0.05, 0.1) is 6.54 Å². The van der Waals surface area contributed by atoms with Crippen LogP contribution < -0.4 is 5.73 Å². The average Bonchev–Trinajstić information content (AvgIpc) is 2.42. The van der Waals surface area contributed by atoms with Crippen molar-refractivity contribution in [3.05, 3.63) is 0 Å². The fourth-order valence-electron chi connectivity index (χ4n) is 2.95. The minimum atomic E-state index is -0.203. The number of nitrogens with zero attached hydrogens (tertiary/aromatic N) is 2. The first-order valence-electron chi connectivity index (χ1n) is 7.50. The molecule has 1 heterocycles. The Hall–Kier alpha value is -0.610. The summed E-state index contributed by atoms with van der Waals surface area (Å²) in [6.45, 7) is 8.65. The minimum Gasteiger partial charge on any atom is -0.369 e. The van der Waals surface area contributed by atoms with Gasteiger partial charge >= 0.3 is 0 Å². The van der Waals surface area contributed by atoms with E-state index in [0.717, 1.165) is 32.2 Å². The van der Waals surface area contributed by atoms with Gasteiger partial charge in [0.15, 0.2) is 0 Å². The molecule has 0 spiro atoms. The molecule has 2 aliphatic rings. The van der Waals surface area contributed by atoms with Gasteiger partial charge in [-0.2, -0.15) is 0 Å². The Morgan fingerprint density at radius 1 is 1.11 bits per heavy atom. The molecule has 108 valence electrons. The Morgan fingerprint density at radius 2 is 1.67 bits per heavy atom. The van der Waals surface area contributed by atoms with Crippen LogP contribution in [0.5, 0.6) is 0 Å². The van der Waals surface area contributed by atoms with E-state index in [-0.39, 0.29) is 7.33 Å². The lowest BCUT2D eigenvalue weighted by atomic mass is 9.94. The van der Waals surface area contributed by atoms with Gasteiger partial charge in [-0.1, -0.05) is 33.1 Å². The van der Waals surface area contributed by atoms with Gasteiger partial charge in [-0.25, -0.2) is 0 Å². The number of rotatable bonds is 3. The first-order chi connectivity index (χ1) is 8.75. The van der Waals surface area contributed by atoms with Crippen LogP contribution in [0.1, 0.15) is 47.4 Å². The predicted octanol–water partition coefficient (Wildman–Crippen LogP) is 1.69. The molecule has 0 atom stereocenters. The lowest BCUT2D eigenvalue weighted by Crippen LogP contribution is -2.52. The van der Waals surface area contributed by atoms with Crippen molar-refractivity contribution in [2.45, 2.75) is 52.0 Å². The SMILES string of the molecule is CC.NC(=O)CN1CCN(C2CCCCC2)CC1.[HH]. The summed E-state index contributed by atoms with van der Waals surface area (Å²) < 4.78 is 0. The predicted molar refractivity (Wildman–Crippen MR) is 77.5 cm³/mol. The van der Waals surface area contributed by atoms with Crippen molar-refractivity contribution in [2.24, 2.45) is 5.73 Å². The molecule has 2 fully saturated rings. The molecule has 4 heteroatoms. The molecule has 18 heavy (non-hydrogen) atoms. The van der Waals surface area contributed by atoms with Crippen molar-refractivity contribution in [3.63, 3.8) is 0 Å². The van der Waals surface area contributed by atoms with Gasteiger partial charge in [0.1, 0.15) is 0 Å². The fraction of sp³-hybridized carbons (Fsp3) is 0.929. The number of piperazine rings is 1. The number of hydrogen-bond acceptors (Lipinski definition) is 3. The molecule has 1 saturated carbocycles. The van der Waals surface area contributed by atoms with Crippen molar-refractivity contribution < 1.29 is 6.22 Å². The van der Waals surface area contributed by atoms with Crippen LogP contribution in [0.25, 0.3) is 0 Å². The fourth-order valence-corrected chi connectivity index (χ4v) is 2.95. The van der Waals surface area contributed by atoms with E-state index in [1.54, 1.807) is 0 Å². The Balaban J connectivity index is 0.00000103. The molecular weight excluding hydrogens is 226 g/mol. The van der Waals surface area contributed by atoms with Gasteiger partial charge in [-0.3, -0.25) is 14.6 Å². The minimum absolute atomic E-state index is 0. The standard InChI is InChI=1S/C12H23N3O.C2H6.H2/c13-12(16)10-14-6-8-15(9-7-14)11-4-2-1-3-5-11;1-2;/h11H,1-10H2,(H2,13,16);1-2H3;1H. The van der Waals surface area contributed by atoms with Crippen LogP contribution in [0, 0.1) is 0 Å². The highest BCUT2D eigenvalue weighted by Gasteiger charge is 2.25. The van der Waals surface area contributed by atoms with Crippen LogP contribution in [-0.2, 0) is 4.79 Å². The van der Waals surface area contributed by atoms with Gasteiger partial charge in [-0.15, -0.1) is 0 Å². The zero-order chi connectivity index (χ0) is 13.4. The quantitative estimate of drug-likeness (QED) is 0.837. The van der Waals surface area contributed by atoms with Gasteiger partial charge in [0.2, 0.25) is 5.91 Å². The number of carbonyl (C=O) groups is 1. The van der Waals surface area contributed by atoms with E-state index in [4.69, 9.17) is 5.73 Å². The number of hydrogen-bond donors (Lipinski definition) is 1. The second-order valence-electron chi connectivity index (χ2n) is 5.07. The second-order valence-corrected chi connectivity index (χ2v) is 5.07. The van der Waals surface area contributed by atoms with Gasteiger partial charge < -0.3 is 5.73 Å². The van der Waals surface area contributed by atoms with Crippen molar-refractivity contribution in [1.82, 2.24) is 9.80 Å². The van der Waals surface area contributed by atoms with E-state index in [1.807, 2.05) is 13.8 Å². The van der Waals surface area contributed by atoms with Crippen LogP contribution in [0.2, 0.25) is 0 Å². The Morgan fingerprint density at radius 3 is 2.17 bits per heavy atom. The smallest absolute Gasteiger partial charge is 0.231 e. The largest absolute Gasteiger partial charge is 0.369 e. The second kappa shape index (κ2) is 8.48. The molecule has 0 unspecified atom stereocenters. The molecule has 0 aromatic carbocycles. The highest BCUT2D eigenvalue weighted by molar-refractivity contribution is 5.75. The highest BCUT2D eigenvalue weighted by atomic mass is 16.1. The van der Waals surface area contributed by atoms with E-state index < -0.39 is 0 Å². The first-order valence-corrected chi connectivity index (χ1v) is 7.50. The zero-order valence-electron chi connectivity index (χ0n) is 12.0. The number of carbonyl (C=O) groups excluding carboxylic acids is 1. The average molecular weight is 257 g/mol. The molecule has 1 saturated heterocycles. The van der Waals surface area contributed by atoms with E-state index in [0.29, 0.717) is 6.54 Å². The monoisotopic (exact) mass is 257 g/mol. The summed E-state index contributed by atoms with van der Waals surface area (Å²) in [5, 5.41) is 0. The summed E-state index contributed by atoms with van der Waals surface area (Å²) in [4.78, 5) is 15.6. The van der Waals surface area contributed by atoms with E-state index in [1.165, 1.54) is 32.1 Å². The summed E-state index contributed by atoms with van der Waals surface area (Å²) in [7, 11) is 0. The van der Waals surface area contributed by atoms with Gasteiger partial charge in [-0.05, 0) is 12.8 Å². The molecule has 2 rings (SSSR count). The van der Waals surface area contributed by atoms with Crippen LogP contribution in [-0.4, -0.2) is 54.5 Å². The molecule has 1 aliphatic carbocycles. The summed E-state index contributed by atoms with van der Waals surface area (Å²) in [6, 6.07) is 0.810. The molecule has 0 aromatic heterocycles. The van der Waals surface area contributed by atoms with E-state index in [2.05, 4.69) is 9.80 Å². The van der Waals surface area contributed by atoms with E-state index in [9.17, 15) is 4.79 Å². The summed E-state index contributed by atoms with van der Waals surface area (Å²) in [5.74, 6) is -0.203. The van der Waals surface area contributed by atoms with Crippen molar-refractivity contribution in [1.29, 1.82) is 0 Å². The zero-order valence-corrected chi connectivity index (χ0v) is 12.0. The third-order valence-corrected chi connectivity index (χ3v) is 3.88. The van der Waals surface area contributed by atoms with Crippen molar-refractivity contribution in [2.75, 3.05) is 32.7 Å². The number of nitrogens with two attached hydrogens (primary N) is 1. The van der Waals surface area contributed by atoms with Crippen molar-refractivity contribution in [3.8, 4) is 0 Å². The highest BCUT2D eigenvalue weighted by Crippen LogP contribution is 2.23. The Labute approximate surface area is 113 Å². The van der Waals surface area contributed by atoms with E-state index >= 15 is 0 Å². The molecule has 0 bridgehead atoms. The summed E-state index contributed by atoms with van der Waals surface area (Å²) in [5.41, 5.74) is 5.21. The van der Waals surface area contributed by atoms with Crippen LogP contribution >= 0.6 is 0 Å². The van der Waals surface area contributed by atoms with Crippen LogP contribution in [0.3, 0.4) is 0 Å². The third kappa shape index (κ3) is 4.94. The van der Waals surface area contributed by atoms with Gasteiger partial charge in [0, 0.05) is 33.6 Å². The Kier molecular flexibility index (Phi) is 7.28. The summed E-state index contributed by atoms with van der Waals surface area (Å²) >= 11 is 0. The maximum atomic E-state index is 10.8. The Bertz CT molecular complexity index is 237. The molecule has 1 aliphatic heterocycles. The molecule has 2 N–H and O–H groups in total. The lowest BCUT2D eigenvalue weighted by Gasteiger charge is -2.40. The molecule has 0 aromatic rings. The van der Waals surface area contributed by atoms with Crippen LogP contribution in [0.15, 0.2) is 0 Å². The van der Waals surface area contributed by atoms with Gasteiger partial charge in [0.25, 0.3) is 0 Å². The number of amides is 1. The molecular formula is C14H31N3O. The first kappa shape index (κ1) is 15.4. The maximum Gasteiger partial charge on any atom is 0.231 e. The lowest BCUT2D eigenvalue weighted by molar-refractivity contribution is -0.119. The van der Waals surface area contributed by atoms with Crippen LogP contribution in [0.4, 0.5) is 0 Å². The van der Waals surface area contributed by atoms with Crippen molar-refractivity contribution >= 4 is 5.91 Å². The normalized spacial score (nSPS) is 23.2. The maximum absolute atomic E-state index is 10.8. The topological polar surface area (TPSA) is 49.6 Å². The summed E-state index contributed by atoms with van der Waals surface area (Å²) in [6.07, 6.45) is 6.95. The number of primary amides is 1. The molecule has 1 amide bonds. The molecule has 4 nitrogen and oxygen atoms in total. The molecule has 0 radical (unpaired) electrons.